The standard InChI is InChI=1S/C22H26N4OS2/c1-4-13-26-21(17-9-7-8-16(2)15-17)24-25-22(26)29-14-12-20(27)23-18-10-5-6-11-19(18)28-3/h5-11,15H,4,12-14H2,1-3H3,(H,23,27). The van der Waals surface area contributed by atoms with Crippen LogP contribution in [0.2, 0.25) is 0 Å². The Morgan fingerprint density at radius 2 is 1.97 bits per heavy atom. The van der Waals surface area contributed by atoms with Crippen molar-refractivity contribution in [2.75, 3.05) is 17.3 Å². The van der Waals surface area contributed by atoms with Crippen LogP contribution in [0.25, 0.3) is 11.4 Å². The highest BCUT2D eigenvalue weighted by molar-refractivity contribution is 7.99. The number of rotatable bonds is 9. The minimum Gasteiger partial charge on any atom is -0.325 e. The number of nitrogens with one attached hydrogen (secondary N) is 1. The number of carbonyl (C=O) groups excluding carboxylic acids is 1. The minimum atomic E-state index is 0.0134. The van der Waals surface area contributed by atoms with Gasteiger partial charge in [-0.05, 0) is 37.8 Å². The predicted molar refractivity (Wildman–Crippen MR) is 123 cm³/mol. The molecule has 0 radical (unpaired) electrons. The highest BCUT2D eigenvalue weighted by Gasteiger charge is 2.15. The molecule has 0 saturated heterocycles. The number of hydrogen-bond donors (Lipinski definition) is 1. The smallest absolute Gasteiger partial charge is 0.225 e. The van der Waals surface area contributed by atoms with E-state index in [4.69, 9.17) is 0 Å². The lowest BCUT2D eigenvalue weighted by Crippen LogP contribution is -2.13. The Morgan fingerprint density at radius 1 is 1.14 bits per heavy atom. The van der Waals surface area contributed by atoms with E-state index in [-0.39, 0.29) is 5.91 Å². The molecule has 0 fully saturated rings. The van der Waals surface area contributed by atoms with Crippen LogP contribution in [0.3, 0.4) is 0 Å². The Hall–Kier alpha value is -2.25. The third kappa shape index (κ3) is 5.64. The fourth-order valence-corrected chi connectivity index (χ4v) is 4.47. The monoisotopic (exact) mass is 426 g/mol. The number of aromatic nitrogens is 3. The number of thioether (sulfide) groups is 2. The summed E-state index contributed by atoms with van der Waals surface area (Å²) in [5.41, 5.74) is 3.14. The molecule has 0 atom stereocenters. The second kappa shape index (κ2) is 10.5. The molecule has 7 heteroatoms. The van der Waals surface area contributed by atoms with Gasteiger partial charge in [-0.25, -0.2) is 0 Å². The molecule has 0 aliphatic carbocycles. The summed E-state index contributed by atoms with van der Waals surface area (Å²) < 4.78 is 2.15. The molecule has 1 amide bonds. The van der Waals surface area contributed by atoms with Gasteiger partial charge in [0.15, 0.2) is 11.0 Å². The van der Waals surface area contributed by atoms with Crippen molar-refractivity contribution in [1.29, 1.82) is 0 Å². The fraction of sp³-hybridized carbons (Fsp3) is 0.318. The lowest BCUT2D eigenvalue weighted by molar-refractivity contribution is -0.115. The Kier molecular flexibility index (Phi) is 7.77. The van der Waals surface area contributed by atoms with Gasteiger partial charge >= 0.3 is 0 Å². The zero-order chi connectivity index (χ0) is 20.6. The average molecular weight is 427 g/mol. The van der Waals surface area contributed by atoms with Crippen molar-refractivity contribution in [1.82, 2.24) is 14.8 Å². The summed E-state index contributed by atoms with van der Waals surface area (Å²) in [6.45, 7) is 5.07. The van der Waals surface area contributed by atoms with Gasteiger partial charge in [-0.3, -0.25) is 4.79 Å². The van der Waals surface area contributed by atoms with Crippen LogP contribution >= 0.6 is 23.5 Å². The van der Waals surface area contributed by atoms with E-state index in [0.717, 1.165) is 40.1 Å². The maximum atomic E-state index is 12.4. The van der Waals surface area contributed by atoms with E-state index in [1.807, 2.05) is 36.6 Å². The Labute approximate surface area is 180 Å². The second-order valence-corrected chi connectivity index (χ2v) is 8.58. The zero-order valence-electron chi connectivity index (χ0n) is 17.0. The van der Waals surface area contributed by atoms with Crippen LogP contribution in [-0.4, -0.2) is 32.7 Å². The molecule has 0 spiro atoms. The van der Waals surface area contributed by atoms with Crippen LogP contribution < -0.4 is 5.32 Å². The van der Waals surface area contributed by atoms with E-state index in [2.05, 4.69) is 52.1 Å². The first-order valence-corrected chi connectivity index (χ1v) is 11.9. The average Bonchev–Trinajstić information content (AvgIpc) is 3.11. The molecule has 0 aliphatic heterocycles. The van der Waals surface area contributed by atoms with Gasteiger partial charge < -0.3 is 9.88 Å². The number of para-hydroxylation sites is 1. The quantitative estimate of drug-likeness (QED) is 0.457. The molecular formula is C22H26N4OS2. The predicted octanol–water partition coefficient (Wildman–Crippen LogP) is 5.51. The van der Waals surface area contributed by atoms with Gasteiger partial charge in [-0.1, -0.05) is 54.6 Å². The number of hydrogen-bond acceptors (Lipinski definition) is 5. The van der Waals surface area contributed by atoms with Gasteiger partial charge in [0.1, 0.15) is 0 Å². The Balaban J connectivity index is 1.64. The summed E-state index contributed by atoms with van der Waals surface area (Å²) >= 11 is 3.20. The van der Waals surface area contributed by atoms with E-state index < -0.39 is 0 Å². The summed E-state index contributed by atoms with van der Waals surface area (Å²) in [7, 11) is 0. The van der Waals surface area contributed by atoms with Gasteiger partial charge in [0, 0.05) is 29.2 Å². The maximum Gasteiger partial charge on any atom is 0.225 e. The van der Waals surface area contributed by atoms with Gasteiger partial charge in [0.25, 0.3) is 0 Å². The normalized spacial score (nSPS) is 10.9. The fourth-order valence-electron chi connectivity index (χ4n) is 3.01. The molecule has 5 nitrogen and oxygen atoms in total. The topological polar surface area (TPSA) is 59.8 Å². The largest absolute Gasteiger partial charge is 0.325 e. The van der Waals surface area contributed by atoms with Crippen molar-refractivity contribution < 1.29 is 4.79 Å². The number of nitrogens with zero attached hydrogens (tertiary/aromatic N) is 3. The van der Waals surface area contributed by atoms with Crippen molar-refractivity contribution in [3.05, 3.63) is 54.1 Å². The molecule has 3 rings (SSSR count). The van der Waals surface area contributed by atoms with E-state index in [0.29, 0.717) is 12.2 Å². The lowest BCUT2D eigenvalue weighted by Gasteiger charge is -2.10. The number of benzene rings is 2. The zero-order valence-corrected chi connectivity index (χ0v) is 18.6. The van der Waals surface area contributed by atoms with E-state index in [1.165, 1.54) is 5.56 Å². The highest BCUT2D eigenvalue weighted by Crippen LogP contribution is 2.27. The van der Waals surface area contributed by atoms with Crippen LogP contribution in [0.5, 0.6) is 0 Å². The SMILES string of the molecule is CCCn1c(SCCC(=O)Nc2ccccc2SC)nnc1-c1cccc(C)c1. The molecular weight excluding hydrogens is 400 g/mol. The maximum absolute atomic E-state index is 12.4. The number of aryl methyl sites for hydroxylation is 1. The molecule has 0 saturated carbocycles. The molecule has 1 aromatic heterocycles. The summed E-state index contributed by atoms with van der Waals surface area (Å²) in [6.07, 6.45) is 3.43. The van der Waals surface area contributed by atoms with Crippen LogP contribution in [0.1, 0.15) is 25.3 Å². The van der Waals surface area contributed by atoms with Crippen molar-refractivity contribution in [3.8, 4) is 11.4 Å². The molecule has 0 aliphatic rings. The van der Waals surface area contributed by atoms with Crippen molar-refractivity contribution in [2.24, 2.45) is 0 Å². The third-order valence-corrected chi connectivity index (χ3v) is 6.15. The van der Waals surface area contributed by atoms with Crippen LogP contribution in [0.15, 0.2) is 58.6 Å². The molecule has 1 N–H and O–H groups in total. The van der Waals surface area contributed by atoms with E-state index in [1.54, 1.807) is 23.5 Å². The molecule has 152 valence electrons. The summed E-state index contributed by atoms with van der Waals surface area (Å²) in [5.74, 6) is 1.55. The molecule has 29 heavy (non-hydrogen) atoms. The Bertz CT molecular complexity index is 971. The van der Waals surface area contributed by atoms with Crippen molar-refractivity contribution in [2.45, 2.75) is 43.3 Å². The number of carbonyl (C=O) groups is 1. The summed E-state index contributed by atoms with van der Waals surface area (Å²) in [5, 5.41) is 12.7. The molecule has 3 aromatic rings. The molecule has 0 bridgehead atoms. The first-order chi connectivity index (χ1) is 14.1. The third-order valence-electron chi connectivity index (χ3n) is 4.38. The van der Waals surface area contributed by atoms with Crippen LogP contribution in [0.4, 0.5) is 5.69 Å². The molecule has 2 aromatic carbocycles. The second-order valence-electron chi connectivity index (χ2n) is 6.67. The van der Waals surface area contributed by atoms with Gasteiger partial charge in [-0.15, -0.1) is 22.0 Å². The van der Waals surface area contributed by atoms with Crippen LogP contribution in [-0.2, 0) is 11.3 Å². The van der Waals surface area contributed by atoms with Crippen molar-refractivity contribution >= 4 is 35.1 Å². The lowest BCUT2D eigenvalue weighted by atomic mass is 10.1. The van der Waals surface area contributed by atoms with E-state index in [9.17, 15) is 4.79 Å². The number of amides is 1. The summed E-state index contributed by atoms with van der Waals surface area (Å²) in [4.78, 5) is 13.4. The van der Waals surface area contributed by atoms with Gasteiger partial charge in [0.05, 0.1) is 5.69 Å². The highest BCUT2D eigenvalue weighted by atomic mass is 32.2. The van der Waals surface area contributed by atoms with Gasteiger partial charge in [-0.2, -0.15) is 0 Å². The Morgan fingerprint density at radius 3 is 2.72 bits per heavy atom. The minimum absolute atomic E-state index is 0.0134. The van der Waals surface area contributed by atoms with Gasteiger partial charge in [0.2, 0.25) is 5.91 Å². The molecule has 1 heterocycles. The first kappa shape index (κ1) is 21.5. The molecule has 0 unspecified atom stereocenters. The van der Waals surface area contributed by atoms with Crippen LogP contribution in [0, 0.1) is 6.92 Å². The summed E-state index contributed by atoms with van der Waals surface area (Å²) in [6, 6.07) is 16.2. The first-order valence-electron chi connectivity index (χ1n) is 9.68. The van der Waals surface area contributed by atoms with E-state index >= 15 is 0 Å². The number of anilines is 1. The van der Waals surface area contributed by atoms with Crippen molar-refractivity contribution in [3.63, 3.8) is 0 Å².